The molecule has 0 unspecified atom stereocenters. The molecule has 0 aromatic heterocycles. The fourth-order valence-corrected chi connectivity index (χ4v) is 2.84. The molecular formula is C21H23N3O3. The third-order valence-corrected chi connectivity index (χ3v) is 4.38. The van der Waals surface area contributed by atoms with E-state index in [1.54, 1.807) is 18.2 Å². The van der Waals surface area contributed by atoms with Crippen LogP contribution in [0.3, 0.4) is 0 Å². The van der Waals surface area contributed by atoms with Crippen LogP contribution in [0.2, 0.25) is 0 Å². The number of fused-ring (bicyclic) bond motifs is 1. The molecule has 3 rings (SSSR count). The number of amides is 3. The lowest BCUT2D eigenvalue weighted by molar-refractivity contribution is -0.118. The molecular weight excluding hydrogens is 342 g/mol. The summed E-state index contributed by atoms with van der Waals surface area (Å²) in [6.45, 7) is 9.77. The first-order chi connectivity index (χ1) is 12.7. The summed E-state index contributed by atoms with van der Waals surface area (Å²) >= 11 is 0. The van der Waals surface area contributed by atoms with Crippen molar-refractivity contribution in [2.24, 2.45) is 0 Å². The van der Waals surface area contributed by atoms with E-state index in [1.165, 1.54) is 0 Å². The predicted octanol–water partition coefficient (Wildman–Crippen LogP) is 4.11. The van der Waals surface area contributed by atoms with Gasteiger partial charge in [0, 0.05) is 11.8 Å². The highest BCUT2D eigenvalue weighted by Crippen LogP contribution is 2.30. The molecule has 27 heavy (non-hydrogen) atoms. The molecule has 1 aliphatic heterocycles. The maximum absolute atomic E-state index is 12.5. The quantitative estimate of drug-likeness (QED) is 0.763. The summed E-state index contributed by atoms with van der Waals surface area (Å²) in [5, 5.41) is 8.51. The van der Waals surface area contributed by atoms with Crippen LogP contribution >= 0.6 is 0 Å². The summed E-state index contributed by atoms with van der Waals surface area (Å²) in [5.41, 5.74) is 3.58. The van der Waals surface area contributed by atoms with Crippen LogP contribution in [0.4, 0.5) is 16.2 Å². The average molecular weight is 365 g/mol. The number of allylic oxidation sites excluding steroid dienone is 1. The van der Waals surface area contributed by atoms with E-state index in [1.807, 2.05) is 45.0 Å². The summed E-state index contributed by atoms with van der Waals surface area (Å²) in [7, 11) is 0. The lowest BCUT2D eigenvalue weighted by Gasteiger charge is -2.28. The maximum Gasteiger partial charge on any atom is 0.319 e. The third-order valence-electron chi connectivity index (χ3n) is 4.38. The largest absolute Gasteiger partial charge is 0.482 e. The van der Waals surface area contributed by atoms with Crippen LogP contribution in [-0.2, 0) is 10.3 Å². The standard InChI is InChI=1S/C21H23N3O3/c1-13(2)14-6-5-7-15(10-14)21(3,4)24-20(26)22-16-8-9-17-18(11-16)27-12-19(25)23-17/h5-11H,1,12H2,2-4H3,(H,23,25)(H2,22,24,26). The molecule has 0 bridgehead atoms. The van der Waals surface area contributed by atoms with Crippen molar-refractivity contribution in [1.29, 1.82) is 0 Å². The second-order valence-electron chi connectivity index (χ2n) is 7.11. The number of rotatable bonds is 4. The van der Waals surface area contributed by atoms with Crippen molar-refractivity contribution in [1.82, 2.24) is 5.32 Å². The van der Waals surface area contributed by atoms with Crippen LogP contribution in [-0.4, -0.2) is 18.5 Å². The number of benzene rings is 2. The Labute approximate surface area is 158 Å². The molecule has 2 aromatic carbocycles. The molecule has 1 aliphatic rings. The number of anilines is 2. The molecule has 1 heterocycles. The fraction of sp³-hybridized carbons (Fsp3) is 0.238. The van der Waals surface area contributed by atoms with E-state index in [0.29, 0.717) is 17.1 Å². The highest BCUT2D eigenvalue weighted by Gasteiger charge is 2.24. The van der Waals surface area contributed by atoms with Crippen molar-refractivity contribution in [3.63, 3.8) is 0 Å². The minimum atomic E-state index is -0.575. The number of nitrogens with one attached hydrogen (secondary N) is 3. The van der Waals surface area contributed by atoms with E-state index in [-0.39, 0.29) is 18.5 Å². The van der Waals surface area contributed by atoms with E-state index < -0.39 is 5.54 Å². The lowest BCUT2D eigenvalue weighted by Crippen LogP contribution is -2.43. The van der Waals surface area contributed by atoms with Gasteiger partial charge in [0.15, 0.2) is 6.61 Å². The minimum absolute atomic E-state index is 0.0330. The Morgan fingerprint density at radius 3 is 2.74 bits per heavy atom. The van der Waals surface area contributed by atoms with E-state index in [4.69, 9.17) is 4.74 Å². The van der Waals surface area contributed by atoms with Crippen LogP contribution in [0.5, 0.6) is 5.75 Å². The highest BCUT2D eigenvalue weighted by molar-refractivity contribution is 5.96. The summed E-state index contributed by atoms with van der Waals surface area (Å²) in [6, 6.07) is 12.7. The molecule has 3 N–H and O–H groups in total. The Bertz CT molecular complexity index is 919. The number of hydrogen-bond donors (Lipinski definition) is 3. The Morgan fingerprint density at radius 1 is 1.22 bits per heavy atom. The Balaban J connectivity index is 1.70. The molecule has 0 atom stereocenters. The molecule has 6 heteroatoms. The van der Waals surface area contributed by atoms with E-state index in [2.05, 4.69) is 22.5 Å². The number of carbonyl (C=O) groups excluding carboxylic acids is 2. The average Bonchev–Trinajstić information content (AvgIpc) is 2.61. The Morgan fingerprint density at radius 2 is 2.00 bits per heavy atom. The zero-order chi connectivity index (χ0) is 19.6. The highest BCUT2D eigenvalue weighted by atomic mass is 16.5. The van der Waals surface area contributed by atoms with Gasteiger partial charge in [0.25, 0.3) is 5.91 Å². The normalized spacial score (nSPS) is 13.1. The van der Waals surface area contributed by atoms with Gasteiger partial charge in [0.2, 0.25) is 0 Å². The molecule has 0 spiro atoms. The van der Waals surface area contributed by atoms with Crippen LogP contribution in [0.15, 0.2) is 49.0 Å². The van der Waals surface area contributed by atoms with Gasteiger partial charge in [-0.15, -0.1) is 0 Å². The molecule has 0 radical (unpaired) electrons. The lowest BCUT2D eigenvalue weighted by atomic mass is 9.92. The first-order valence-corrected chi connectivity index (χ1v) is 8.67. The van der Waals surface area contributed by atoms with Crippen molar-refractivity contribution in [3.05, 3.63) is 60.2 Å². The van der Waals surface area contributed by atoms with Crippen molar-refractivity contribution in [3.8, 4) is 5.75 Å². The maximum atomic E-state index is 12.5. The SMILES string of the molecule is C=C(C)c1cccc(C(C)(C)NC(=O)Nc2ccc3c(c2)OCC(=O)N3)c1. The van der Waals surface area contributed by atoms with Gasteiger partial charge in [-0.2, -0.15) is 0 Å². The van der Waals surface area contributed by atoms with Gasteiger partial charge in [-0.25, -0.2) is 4.79 Å². The number of carbonyl (C=O) groups is 2. The predicted molar refractivity (Wildman–Crippen MR) is 107 cm³/mol. The second kappa shape index (κ2) is 7.15. The van der Waals surface area contributed by atoms with Crippen molar-refractivity contribution < 1.29 is 14.3 Å². The molecule has 0 saturated carbocycles. The molecule has 6 nitrogen and oxygen atoms in total. The Hall–Kier alpha value is -3.28. The van der Waals surface area contributed by atoms with Crippen molar-refractivity contribution in [2.45, 2.75) is 26.3 Å². The van der Waals surface area contributed by atoms with Crippen molar-refractivity contribution >= 4 is 28.9 Å². The van der Waals surface area contributed by atoms with Gasteiger partial charge in [-0.3, -0.25) is 4.79 Å². The second-order valence-corrected chi connectivity index (χ2v) is 7.11. The number of hydrogen-bond acceptors (Lipinski definition) is 3. The first kappa shape index (κ1) is 18.5. The zero-order valence-corrected chi connectivity index (χ0v) is 15.7. The zero-order valence-electron chi connectivity index (χ0n) is 15.7. The minimum Gasteiger partial charge on any atom is -0.482 e. The third kappa shape index (κ3) is 4.28. The summed E-state index contributed by atoms with van der Waals surface area (Å²) in [6.07, 6.45) is 0. The van der Waals surface area contributed by atoms with Gasteiger partial charge in [0.05, 0.1) is 11.2 Å². The van der Waals surface area contributed by atoms with Gasteiger partial charge in [0.1, 0.15) is 5.75 Å². The topological polar surface area (TPSA) is 79.5 Å². The van der Waals surface area contributed by atoms with Crippen LogP contribution in [0, 0.1) is 0 Å². The van der Waals surface area contributed by atoms with E-state index in [9.17, 15) is 9.59 Å². The van der Waals surface area contributed by atoms with Crippen molar-refractivity contribution in [2.75, 3.05) is 17.2 Å². The van der Waals surface area contributed by atoms with E-state index in [0.717, 1.165) is 16.7 Å². The summed E-state index contributed by atoms with van der Waals surface area (Å²) in [4.78, 5) is 23.8. The fourth-order valence-electron chi connectivity index (χ4n) is 2.84. The monoisotopic (exact) mass is 365 g/mol. The van der Waals surface area contributed by atoms with Crippen LogP contribution in [0.25, 0.3) is 5.57 Å². The number of urea groups is 1. The smallest absolute Gasteiger partial charge is 0.319 e. The van der Waals surface area contributed by atoms with E-state index >= 15 is 0 Å². The molecule has 0 fully saturated rings. The summed E-state index contributed by atoms with van der Waals surface area (Å²) < 4.78 is 5.37. The summed E-state index contributed by atoms with van der Waals surface area (Å²) in [5.74, 6) is 0.334. The number of ether oxygens (including phenoxy) is 1. The molecule has 0 aliphatic carbocycles. The van der Waals surface area contributed by atoms with Crippen LogP contribution in [0.1, 0.15) is 31.9 Å². The van der Waals surface area contributed by atoms with Gasteiger partial charge >= 0.3 is 6.03 Å². The van der Waals surface area contributed by atoms with Gasteiger partial charge < -0.3 is 20.7 Å². The van der Waals surface area contributed by atoms with Gasteiger partial charge in [-0.1, -0.05) is 30.4 Å². The molecule has 2 aromatic rings. The Kier molecular flexibility index (Phi) is 4.90. The van der Waals surface area contributed by atoms with Gasteiger partial charge in [-0.05, 0) is 50.1 Å². The van der Waals surface area contributed by atoms with Crippen LogP contribution < -0.4 is 20.7 Å². The molecule has 3 amide bonds. The first-order valence-electron chi connectivity index (χ1n) is 8.67. The molecule has 140 valence electrons. The molecule has 0 saturated heterocycles.